The number of hydrogen-bond donors (Lipinski definition) is 0. The van der Waals surface area contributed by atoms with Gasteiger partial charge in [0.25, 0.3) is 0 Å². The van der Waals surface area contributed by atoms with Gasteiger partial charge in [-0.15, -0.1) is 0 Å². The maximum Gasteiger partial charge on any atom is 0.494 e. The summed E-state index contributed by atoms with van der Waals surface area (Å²) in [5.74, 6) is -0.783. The van der Waals surface area contributed by atoms with Crippen LogP contribution in [0, 0.1) is 0 Å². The van der Waals surface area contributed by atoms with Crippen LogP contribution in [-0.4, -0.2) is 38.4 Å². The molecule has 0 radical (unpaired) electrons. The second kappa shape index (κ2) is 5.35. The zero-order valence-corrected chi connectivity index (χ0v) is 12.9. The van der Waals surface area contributed by atoms with Gasteiger partial charge in [-0.1, -0.05) is 6.07 Å². The summed E-state index contributed by atoms with van der Waals surface area (Å²) in [4.78, 5) is 12.0. The Kier molecular flexibility index (Phi) is 3.07. The highest BCUT2D eigenvalue weighted by Crippen LogP contribution is 2.36. The van der Waals surface area contributed by atoms with E-state index in [1.54, 1.807) is 6.07 Å². The normalized spacial score (nSPS) is 22.1. The molecule has 21 heavy (non-hydrogen) atoms. The number of esters is 1. The van der Waals surface area contributed by atoms with E-state index in [0.29, 0.717) is 5.46 Å². The first-order valence-corrected chi connectivity index (χ1v) is 6.63. The van der Waals surface area contributed by atoms with Crippen molar-refractivity contribution in [2.24, 2.45) is 0 Å². The van der Waals surface area contributed by atoms with Gasteiger partial charge in [0, 0.05) is 0 Å². The highest BCUT2D eigenvalue weighted by Gasteiger charge is 2.51. The van der Waals surface area contributed by atoms with E-state index < -0.39 is 31.3 Å². The van der Waals surface area contributed by atoms with Gasteiger partial charge in [0.2, 0.25) is 0 Å². The van der Waals surface area contributed by atoms with Crippen LogP contribution in [-0.2, 0) is 14.0 Å². The molecule has 114 valence electrons. The third kappa shape index (κ3) is 2.78. The van der Waals surface area contributed by atoms with Crippen LogP contribution in [0.1, 0.15) is 42.2 Å². The molecule has 1 aliphatic heterocycles. The fourth-order valence-corrected chi connectivity index (χ4v) is 2.03. The number of methoxy groups -OCH3 is 2. The first kappa shape index (κ1) is 12.1. The SMILES string of the molecule is [2H]C([2H])([2H])Oc1ccc(B2OC(C)(C)C(C)(C)O2)cc1C(=O)OC. The van der Waals surface area contributed by atoms with Gasteiger partial charge in [-0.2, -0.15) is 0 Å². The molecule has 0 spiro atoms. The van der Waals surface area contributed by atoms with Crippen molar-refractivity contribution < 1.29 is 27.7 Å². The van der Waals surface area contributed by atoms with Crippen LogP contribution in [0.15, 0.2) is 18.2 Å². The van der Waals surface area contributed by atoms with E-state index in [9.17, 15) is 4.79 Å². The fraction of sp³-hybridized carbons (Fsp3) is 0.533. The van der Waals surface area contributed by atoms with Gasteiger partial charge in [-0.25, -0.2) is 4.79 Å². The van der Waals surface area contributed by atoms with Crippen molar-refractivity contribution in [1.82, 2.24) is 0 Å². The van der Waals surface area contributed by atoms with Crippen molar-refractivity contribution >= 4 is 18.6 Å². The number of carbonyl (C=O) groups excluding carboxylic acids is 1. The average molecular weight is 295 g/mol. The van der Waals surface area contributed by atoms with E-state index >= 15 is 0 Å². The lowest BCUT2D eigenvalue weighted by Crippen LogP contribution is -2.41. The van der Waals surface area contributed by atoms with Crippen molar-refractivity contribution in [3.63, 3.8) is 0 Å². The molecule has 0 aromatic heterocycles. The number of carbonyl (C=O) groups is 1. The molecule has 0 bridgehead atoms. The average Bonchev–Trinajstić information content (AvgIpc) is 2.65. The van der Waals surface area contributed by atoms with Gasteiger partial charge < -0.3 is 18.8 Å². The van der Waals surface area contributed by atoms with Gasteiger partial charge in [-0.3, -0.25) is 0 Å². The Labute approximate surface area is 129 Å². The summed E-state index contributed by atoms with van der Waals surface area (Å²) < 4.78 is 43.0. The minimum atomic E-state index is -2.67. The molecular weight excluding hydrogens is 271 g/mol. The molecule has 1 saturated heterocycles. The lowest BCUT2D eigenvalue weighted by molar-refractivity contribution is 0.00578. The molecule has 0 amide bonds. The topological polar surface area (TPSA) is 54.0 Å². The standard InChI is InChI=1S/C15H21BO5/c1-14(2)15(3,4)21-16(20-14)10-7-8-12(18-5)11(9-10)13(17)19-6/h7-9H,1-6H3/i5D3. The minimum absolute atomic E-state index is 0.000775. The third-order valence-corrected chi connectivity index (χ3v) is 4.04. The predicted molar refractivity (Wildman–Crippen MR) is 80.0 cm³/mol. The number of hydrogen-bond acceptors (Lipinski definition) is 5. The van der Waals surface area contributed by atoms with Crippen molar-refractivity contribution in [3.05, 3.63) is 23.8 Å². The highest BCUT2D eigenvalue weighted by atomic mass is 16.7. The molecule has 2 rings (SSSR count). The second-order valence-corrected chi connectivity index (χ2v) is 5.94. The van der Waals surface area contributed by atoms with Crippen LogP contribution in [0.2, 0.25) is 0 Å². The van der Waals surface area contributed by atoms with Crippen LogP contribution in [0.25, 0.3) is 0 Å². The number of benzene rings is 1. The Morgan fingerprint density at radius 1 is 1.24 bits per heavy atom. The summed E-state index contributed by atoms with van der Waals surface area (Å²) in [6.45, 7) is 7.67. The van der Waals surface area contributed by atoms with Gasteiger partial charge in [0.05, 0.1) is 29.5 Å². The van der Waals surface area contributed by atoms with E-state index in [-0.39, 0.29) is 11.3 Å². The summed E-state index contributed by atoms with van der Waals surface area (Å²) in [7, 11) is -2.14. The van der Waals surface area contributed by atoms with Gasteiger partial charge in [0.1, 0.15) is 11.3 Å². The Bertz CT molecular complexity index is 626. The maximum atomic E-state index is 12.0. The smallest absolute Gasteiger partial charge is 0.494 e. The molecule has 1 aromatic carbocycles. The molecule has 6 heteroatoms. The molecule has 1 heterocycles. The zero-order valence-electron chi connectivity index (χ0n) is 15.9. The maximum absolute atomic E-state index is 12.0. The Morgan fingerprint density at radius 2 is 1.86 bits per heavy atom. The third-order valence-electron chi connectivity index (χ3n) is 4.04. The number of ether oxygens (including phenoxy) is 2. The first-order chi connectivity index (χ1) is 10.9. The summed E-state index contributed by atoms with van der Waals surface area (Å²) in [6, 6.07) is 4.48. The number of rotatable bonds is 3. The van der Waals surface area contributed by atoms with E-state index in [2.05, 4.69) is 0 Å². The van der Waals surface area contributed by atoms with Crippen molar-refractivity contribution in [2.45, 2.75) is 38.9 Å². The van der Waals surface area contributed by atoms with Gasteiger partial charge in [0.15, 0.2) is 0 Å². The quantitative estimate of drug-likeness (QED) is 0.628. The molecule has 0 saturated carbocycles. The molecule has 0 aliphatic carbocycles. The van der Waals surface area contributed by atoms with Gasteiger partial charge in [-0.05, 0) is 45.3 Å². The highest BCUT2D eigenvalue weighted by molar-refractivity contribution is 6.62. The van der Waals surface area contributed by atoms with E-state index in [1.165, 1.54) is 19.2 Å². The fourth-order valence-electron chi connectivity index (χ4n) is 2.03. The summed E-state index contributed by atoms with van der Waals surface area (Å²) >= 11 is 0. The predicted octanol–water partition coefficient (Wildman–Crippen LogP) is 1.78. The summed E-state index contributed by atoms with van der Waals surface area (Å²) in [5.41, 5.74) is -0.485. The minimum Gasteiger partial charge on any atom is -0.496 e. The van der Waals surface area contributed by atoms with E-state index in [4.69, 9.17) is 22.9 Å². The van der Waals surface area contributed by atoms with Crippen LogP contribution in [0.5, 0.6) is 5.75 Å². The van der Waals surface area contributed by atoms with Crippen LogP contribution >= 0.6 is 0 Å². The van der Waals surface area contributed by atoms with Crippen molar-refractivity contribution in [3.8, 4) is 5.75 Å². The molecule has 0 unspecified atom stereocenters. The molecule has 1 aromatic rings. The Balaban J connectivity index is 2.39. The Hall–Kier alpha value is -1.53. The van der Waals surface area contributed by atoms with Crippen molar-refractivity contribution in [2.75, 3.05) is 14.1 Å². The molecule has 1 aliphatic rings. The van der Waals surface area contributed by atoms with Crippen LogP contribution < -0.4 is 10.2 Å². The van der Waals surface area contributed by atoms with E-state index in [0.717, 1.165) is 0 Å². The molecule has 5 nitrogen and oxygen atoms in total. The second-order valence-electron chi connectivity index (χ2n) is 5.94. The lowest BCUT2D eigenvalue weighted by atomic mass is 9.78. The van der Waals surface area contributed by atoms with Crippen molar-refractivity contribution in [1.29, 1.82) is 0 Å². The lowest BCUT2D eigenvalue weighted by Gasteiger charge is -2.32. The molecule has 0 N–H and O–H groups in total. The molecule has 0 atom stereocenters. The molecular formula is C15H21BO5. The van der Waals surface area contributed by atoms with Gasteiger partial charge >= 0.3 is 13.1 Å². The van der Waals surface area contributed by atoms with Crippen LogP contribution in [0.3, 0.4) is 0 Å². The molecule has 1 fully saturated rings. The summed E-state index contributed by atoms with van der Waals surface area (Å²) in [6.07, 6.45) is 0. The van der Waals surface area contributed by atoms with E-state index in [1.807, 2.05) is 27.7 Å². The van der Waals surface area contributed by atoms with Crippen LogP contribution in [0.4, 0.5) is 0 Å². The zero-order chi connectivity index (χ0) is 18.3. The Morgan fingerprint density at radius 3 is 2.38 bits per heavy atom. The summed E-state index contributed by atoms with van der Waals surface area (Å²) in [5, 5.41) is 0. The first-order valence-electron chi connectivity index (χ1n) is 8.13. The largest absolute Gasteiger partial charge is 0.496 e. The monoisotopic (exact) mass is 295 g/mol.